The van der Waals surface area contributed by atoms with Crippen molar-refractivity contribution in [3.63, 3.8) is 0 Å². The van der Waals surface area contributed by atoms with Gasteiger partial charge in [-0.2, -0.15) is 13.2 Å². The largest absolute Gasteiger partial charge is 0.416 e. The Kier molecular flexibility index (Phi) is 4.93. The molecular formula is C15H11F4NO3S. The summed E-state index contributed by atoms with van der Waals surface area (Å²) in [5, 5.41) is 2.20. The van der Waals surface area contributed by atoms with Crippen LogP contribution in [0.4, 0.5) is 23.2 Å². The number of halogens is 4. The number of benzene rings is 2. The molecule has 2 aromatic rings. The molecule has 2 aromatic carbocycles. The third kappa shape index (κ3) is 4.54. The fourth-order valence-electron chi connectivity index (χ4n) is 1.84. The van der Waals surface area contributed by atoms with E-state index in [4.69, 9.17) is 0 Å². The van der Waals surface area contributed by atoms with Crippen LogP contribution >= 0.6 is 0 Å². The quantitative estimate of drug-likeness (QED) is 0.672. The molecule has 0 heterocycles. The first-order valence-electron chi connectivity index (χ1n) is 6.53. The van der Waals surface area contributed by atoms with Crippen LogP contribution in [-0.2, 0) is 20.8 Å². The van der Waals surface area contributed by atoms with Crippen LogP contribution in [0.1, 0.15) is 5.56 Å². The van der Waals surface area contributed by atoms with Crippen molar-refractivity contribution in [3.05, 3.63) is 59.9 Å². The minimum Gasteiger partial charge on any atom is -0.325 e. The topological polar surface area (TPSA) is 63.2 Å². The number of hydrogen-bond acceptors (Lipinski definition) is 3. The van der Waals surface area contributed by atoms with Gasteiger partial charge in [0.2, 0.25) is 5.91 Å². The SMILES string of the molecule is O=C(CS(=O)(=O)c1ccc(F)cc1)Nc1ccc(C(F)(F)F)cc1. The van der Waals surface area contributed by atoms with Gasteiger partial charge in [0, 0.05) is 5.69 Å². The molecule has 0 radical (unpaired) electrons. The summed E-state index contributed by atoms with van der Waals surface area (Å²) in [6, 6.07) is 7.51. The molecule has 2 rings (SSSR count). The first kappa shape index (κ1) is 17.9. The maximum absolute atomic E-state index is 12.8. The Bertz CT molecular complexity index is 829. The number of carbonyl (C=O) groups excluding carboxylic acids is 1. The molecule has 1 amide bonds. The molecule has 0 aromatic heterocycles. The molecule has 0 fully saturated rings. The smallest absolute Gasteiger partial charge is 0.325 e. The van der Waals surface area contributed by atoms with Crippen molar-refractivity contribution in [2.45, 2.75) is 11.1 Å². The van der Waals surface area contributed by atoms with Crippen molar-refractivity contribution >= 4 is 21.4 Å². The van der Waals surface area contributed by atoms with Crippen LogP contribution in [0.5, 0.6) is 0 Å². The number of hydrogen-bond donors (Lipinski definition) is 1. The van der Waals surface area contributed by atoms with Gasteiger partial charge in [0.25, 0.3) is 0 Å². The first-order chi connectivity index (χ1) is 11.1. The predicted molar refractivity (Wildman–Crippen MR) is 78.5 cm³/mol. The van der Waals surface area contributed by atoms with Gasteiger partial charge >= 0.3 is 6.18 Å². The highest BCUT2D eigenvalue weighted by molar-refractivity contribution is 7.92. The summed E-state index contributed by atoms with van der Waals surface area (Å²) >= 11 is 0. The lowest BCUT2D eigenvalue weighted by Crippen LogP contribution is -2.23. The average Bonchev–Trinajstić information content (AvgIpc) is 2.46. The second kappa shape index (κ2) is 6.60. The number of carbonyl (C=O) groups is 1. The number of sulfone groups is 1. The average molecular weight is 361 g/mol. The van der Waals surface area contributed by atoms with Crippen LogP contribution in [-0.4, -0.2) is 20.1 Å². The summed E-state index contributed by atoms with van der Waals surface area (Å²) in [6.45, 7) is 0. The van der Waals surface area contributed by atoms with Crippen LogP contribution in [0, 0.1) is 5.82 Å². The van der Waals surface area contributed by atoms with Crippen molar-refractivity contribution in [2.24, 2.45) is 0 Å². The van der Waals surface area contributed by atoms with E-state index in [0.717, 1.165) is 48.5 Å². The molecule has 9 heteroatoms. The van der Waals surface area contributed by atoms with E-state index < -0.39 is 39.1 Å². The van der Waals surface area contributed by atoms with Crippen LogP contribution in [0.2, 0.25) is 0 Å². The van der Waals surface area contributed by atoms with Gasteiger partial charge in [-0.1, -0.05) is 0 Å². The zero-order chi connectivity index (χ0) is 18.0. The Morgan fingerprint density at radius 1 is 0.958 bits per heavy atom. The molecule has 0 aliphatic carbocycles. The Hall–Kier alpha value is -2.42. The summed E-state index contributed by atoms with van der Waals surface area (Å²) in [4.78, 5) is 11.5. The molecule has 0 aliphatic heterocycles. The first-order valence-corrected chi connectivity index (χ1v) is 8.18. The highest BCUT2D eigenvalue weighted by Gasteiger charge is 2.30. The highest BCUT2D eigenvalue weighted by atomic mass is 32.2. The number of amides is 1. The molecular weight excluding hydrogens is 350 g/mol. The third-order valence-electron chi connectivity index (χ3n) is 2.99. The molecule has 0 bridgehead atoms. The van der Waals surface area contributed by atoms with Crippen molar-refractivity contribution < 1.29 is 30.8 Å². The Morgan fingerprint density at radius 3 is 2.00 bits per heavy atom. The van der Waals surface area contributed by atoms with Crippen molar-refractivity contribution in [1.29, 1.82) is 0 Å². The summed E-state index contributed by atoms with van der Waals surface area (Å²) in [6.07, 6.45) is -4.51. The van der Waals surface area contributed by atoms with E-state index in [9.17, 15) is 30.8 Å². The molecule has 0 spiro atoms. The number of nitrogens with one attached hydrogen (secondary N) is 1. The zero-order valence-electron chi connectivity index (χ0n) is 12.0. The second-order valence-electron chi connectivity index (χ2n) is 4.84. The van der Waals surface area contributed by atoms with Gasteiger partial charge in [0.1, 0.15) is 11.6 Å². The normalized spacial score (nSPS) is 12.0. The predicted octanol–water partition coefficient (Wildman–Crippen LogP) is 3.26. The fourth-order valence-corrected chi connectivity index (χ4v) is 2.97. The zero-order valence-corrected chi connectivity index (χ0v) is 12.8. The minimum absolute atomic E-state index is 0.0299. The van der Waals surface area contributed by atoms with E-state index >= 15 is 0 Å². The highest BCUT2D eigenvalue weighted by Crippen LogP contribution is 2.29. The summed E-state index contributed by atoms with van der Waals surface area (Å²) in [5.41, 5.74) is -0.860. The van der Waals surface area contributed by atoms with Crippen LogP contribution in [0.15, 0.2) is 53.4 Å². The lowest BCUT2D eigenvalue weighted by molar-refractivity contribution is -0.137. The molecule has 128 valence electrons. The standard InChI is InChI=1S/C15H11F4NO3S/c16-11-3-7-13(8-4-11)24(22,23)9-14(21)20-12-5-1-10(2-6-12)15(17,18)19/h1-8H,9H2,(H,20,21). The minimum atomic E-state index is -4.51. The van der Waals surface area contributed by atoms with Crippen molar-refractivity contribution in [3.8, 4) is 0 Å². The molecule has 0 atom stereocenters. The van der Waals surface area contributed by atoms with Gasteiger partial charge in [-0.15, -0.1) is 0 Å². The summed E-state index contributed by atoms with van der Waals surface area (Å²) < 4.78 is 74.1. The van der Waals surface area contributed by atoms with Crippen LogP contribution < -0.4 is 5.32 Å². The van der Waals surface area contributed by atoms with E-state index in [2.05, 4.69) is 5.32 Å². The number of alkyl halides is 3. The monoisotopic (exact) mass is 361 g/mol. The molecule has 0 aliphatic rings. The van der Waals surface area contributed by atoms with Gasteiger partial charge in [-0.05, 0) is 48.5 Å². The number of rotatable bonds is 4. The summed E-state index contributed by atoms with van der Waals surface area (Å²) in [7, 11) is -3.99. The van der Waals surface area contributed by atoms with E-state index in [0.29, 0.717) is 0 Å². The Morgan fingerprint density at radius 2 is 1.50 bits per heavy atom. The Labute approximate surface area is 135 Å². The second-order valence-corrected chi connectivity index (χ2v) is 6.83. The van der Waals surface area contributed by atoms with E-state index in [1.54, 1.807) is 0 Å². The van der Waals surface area contributed by atoms with E-state index in [1.807, 2.05) is 0 Å². The van der Waals surface area contributed by atoms with Crippen molar-refractivity contribution in [1.82, 2.24) is 0 Å². The maximum atomic E-state index is 12.8. The molecule has 24 heavy (non-hydrogen) atoms. The molecule has 1 N–H and O–H groups in total. The van der Waals surface area contributed by atoms with Crippen molar-refractivity contribution in [2.75, 3.05) is 11.1 Å². The molecule has 0 saturated heterocycles. The van der Waals surface area contributed by atoms with E-state index in [1.165, 1.54) is 0 Å². The lowest BCUT2D eigenvalue weighted by Gasteiger charge is -2.09. The number of anilines is 1. The van der Waals surface area contributed by atoms with Gasteiger partial charge in [0.05, 0.1) is 10.5 Å². The van der Waals surface area contributed by atoms with E-state index in [-0.39, 0.29) is 10.6 Å². The van der Waals surface area contributed by atoms with Gasteiger partial charge < -0.3 is 5.32 Å². The van der Waals surface area contributed by atoms with Crippen LogP contribution in [0.25, 0.3) is 0 Å². The fraction of sp³-hybridized carbons (Fsp3) is 0.133. The molecule has 4 nitrogen and oxygen atoms in total. The van der Waals surface area contributed by atoms with Gasteiger partial charge in [-0.25, -0.2) is 12.8 Å². The summed E-state index contributed by atoms with van der Waals surface area (Å²) in [5.74, 6) is -2.46. The molecule has 0 saturated carbocycles. The van der Waals surface area contributed by atoms with Crippen LogP contribution in [0.3, 0.4) is 0 Å². The third-order valence-corrected chi connectivity index (χ3v) is 4.62. The maximum Gasteiger partial charge on any atom is 0.416 e. The lowest BCUT2D eigenvalue weighted by atomic mass is 10.2. The Balaban J connectivity index is 2.06. The van der Waals surface area contributed by atoms with Gasteiger partial charge in [-0.3, -0.25) is 4.79 Å². The van der Waals surface area contributed by atoms with Gasteiger partial charge in [0.15, 0.2) is 9.84 Å². The molecule has 0 unspecified atom stereocenters.